The topological polar surface area (TPSA) is 120 Å². The van der Waals surface area contributed by atoms with Gasteiger partial charge in [-0.25, -0.2) is 9.97 Å². The predicted octanol–water partition coefficient (Wildman–Crippen LogP) is 2.44. The summed E-state index contributed by atoms with van der Waals surface area (Å²) in [7, 11) is 0. The smallest absolute Gasteiger partial charge is 0.267 e. The maximum absolute atomic E-state index is 12.9. The molecule has 2 aromatic carbocycles. The number of rotatable bonds is 4. The van der Waals surface area contributed by atoms with E-state index in [1.807, 2.05) is 6.07 Å². The third-order valence-electron chi connectivity index (χ3n) is 4.57. The first-order valence-corrected chi connectivity index (χ1v) is 9.11. The van der Waals surface area contributed by atoms with E-state index in [9.17, 15) is 14.4 Å². The van der Waals surface area contributed by atoms with Crippen LogP contribution in [0.3, 0.4) is 0 Å². The average Bonchev–Trinajstić information content (AvgIpc) is 2.74. The second-order valence-corrected chi connectivity index (χ2v) is 6.59. The highest BCUT2D eigenvalue weighted by Gasteiger charge is 2.12. The molecule has 3 N–H and O–H groups in total. The minimum Gasteiger partial charge on any atom is -0.364 e. The first kappa shape index (κ1) is 19.0. The molecule has 0 saturated carbocycles. The molecule has 0 aliphatic rings. The van der Waals surface area contributed by atoms with Crippen molar-refractivity contribution in [2.45, 2.75) is 6.92 Å². The summed E-state index contributed by atoms with van der Waals surface area (Å²) in [5, 5.41) is 3.14. The SMILES string of the molecule is Cc1nc2ccccc2c(=O)n1-c1ccc(C(=O)Nc2cccc(C(N)=O)n2)cc1. The van der Waals surface area contributed by atoms with Crippen molar-refractivity contribution >= 4 is 28.5 Å². The van der Waals surface area contributed by atoms with E-state index >= 15 is 0 Å². The van der Waals surface area contributed by atoms with Crippen LogP contribution >= 0.6 is 0 Å². The molecule has 4 aromatic rings. The molecule has 148 valence electrons. The van der Waals surface area contributed by atoms with Gasteiger partial charge in [-0.15, -0.1) is 0 Å². The molecule has 0 radical (unpaired) electrons. The van der Waals surface area contributed by atoms with E-state index in [4.69, 9.17) is 5.73 Å². The zero-order chi connectivity index (χ0) is 21.3. The van der Waals surface area contributed by atoms with Crippen molar-refractivity contribution < 1.29 is 9.59 Å². The summed E-state index contributed by atoms with van der Waals surface area (Å²) >= 11 is 0. The van der Waals surface area contributed by atoms with Crippen molar-refractivity contribution in [1.82, 2.24) is 14.5 Å². The van der Waals surface area contributed by atoms with Gasteiger partial charge in [-0.2, -0.15) is 0 Å². The van der Waals surface area contributed by atoms with Crippen molar-refractivity contribution in [3.8, 4) is 5.69 Å². The lowest BCUT2D eigenvalue weighted by molar-refractivity contribution is 0.0991. The van der Waals surface area contributed by atoms with Gasteiger partial charge in [0.15, 0.2) is 0 Å². The lowest BCUT2D eigenvalue weighted by Gasteiger charge is -2.11. The molecule has 0 atom stereocenters. The van der Waals surface area contributed by atoms with Crippen molar-refractivity contribution in [2.75, 3.05) is 5.32 Å². The Morgan fingerprint density at radius 1 is 0.933 bits per heavy atom. The van der Waals surface area contributed by atoms with E-state index in [1.165, 1.54) is 10.6 Å². The summed E-state index contributed by atoms with van der Waals surface area (Å²) in [5.41, 5.74) is 6.69. The number of anilines is 1. The Bertz CT molecular complexity index is 1340. The molecule has 0 fully saturated rings. The summed E-state index contributed by atoms with van der Waals surface area (Å²) in [6.07, 6.45) is 0. The van der Waals surface area contributed by atoms with Gasteiger partial charge < -0.3 is 11.1 Å². The Morgan fingerprint density at radius 2 is 1.67 bits per heavy atom. The first-order valence-electron chi connectivity index (χ1n) is 9.11. The van der Waals surface area contributed by atoms with Crippen LogP contribution in [-0.2, 0) is 0 Å². The number of benzene rings is 2. The lowest BCUT2D eigenvalue weighted by atomic mass is 10.1. The van der Waals surface area contributed by atoms with Crippen LogP contribution in [0.2, 0.25) is 0 Å². The number of pyridine rings is 1. The van der Waals surface area contributed by atoms with E-state index in [2.05, 4.69) is 15.3 Å². The quantitative estimate of drug-likeness (QED) is 0.546. The molecule has 0 bridgehead atoms. The lowest BCUT2D eigenvalue weighted by Crippen LogP contribution is -2.22. The van der Waals surface area contributed by atoms with Gasteiger partial charge in [-0.3, -0.25) is 19.0 Å². The van der Waals surface area contributed by atoms with E-state index in [1.54, 1.807) is 61.5 Å². The van der Waals surface area contributed by atoms with Crippen molar-refractivity contribution in [3.05, 3.63) is 94.2 Å². The maximum Gasteiger partial charge on any atom is 0.267 e. The predicted molar refractivity (Wildman–Crippen MR) is 113 cm³/mol. The fraction of sp³-hybridized carbons (Fsp3) is 0.0455. The fourth-order valence-corrected chi connectivity index (χ4v) is 3.14. The molecular formula is C22H17N5O3. The number of nitrogens with one attached hydrogen (secondary N) is 1. The van der Waals surface area contributed by atoms with Gasteiger partial charge >= 0.3 is 0 Å². The number of fused-ring (bicyclic) bond motifs is 1. The molecule has 0 saturated heterocycles. The van der Waals surface area contributed by atoms with E-state index < -0.39 is 11.8 Å². The second-order valence-electron chi connectivity index (χ2n) is 6.59. The number of carbonyl (C=O) groups is 2. The fourth-order valence-electron chi connectivity index (χ4n) is 3.14. The van der Waals surface area contributed by atoms with E-state index in [0.29, 0.717) is 28.0 Å². The number of hydrogen-bond acceptors (Lipinski definition) is 5. The summed E-state index contributed by atoms with van der Waals surface area (Å²) in [6, 6.07) is 18.3. The molecule has 30 heavy (non-hydrogen) atoms. The molecule has 2 amide bonds. The number of amides is 2. The minimum absolute atomic E-state index is 0.0572. The normalized spacial score (nSPS) is 10.7. The van der Waals surface area contributed by atoms with Gasteiger partial charge in [0.2, 0.25) is 0 Å². The molecule has 0 aliphatic heterocycles. The standard InChI is InChI=1S/C22H17N5O3/c1-13-24-17-6-3-2-5-16(17)22(30)27(13)15-11-9-14(10-12-15)21(29)26-19-8-4-7-18(25-19)20(23)28/h2-12H,1H3,(H2,23,28)(H,25,26,29). The van der Waals surface area contributed by atoms with Crippen LogP contribution in [0.1, 0.15) is 26.7 Å². The number of nitrogens with zero attached hydrogens (tertiary/aromatic N) is 3. The number of para-hydroxylation sites is 1. The number of primary amides is 1. The third-order valence-corrected chi connectivity index (χ3v) is 4.57. The highest BCUT2D eigenvalue weighted by Crippen LogP contribution is 2.14. The third kappa shape index (κ3) is 3.53. The van der Waals surface area contributed by atoms with E-state index in [-0.39, 0.29) is 17.1 Å². The van der Waals surface area contributed by atoms with Crippen molar-refractivity contribution in [2.24, 2.45) is 5.73 Å². The molecule has 2 heterocycles. The van der Waals surface area contributed by atoms with Crippen LogP contribution in [0.5, 0.6) is 0 Å². The van der Waals surface area contributed by atoms with Gasteiger partial charge in [-0.05, 0) is 55.5 Å². The molecule has 0 aliphatic carbocycles. The second kappa shape index (κ2) is 7.59. The van der Waals surface area contributed by atoms with Crippen LogP contribution in [0.4, 0.5) is 5.82 Å². The Kier molecular flexibility index (Phi) is 4.81. The number of aromatic nitrogens is 3. The van der Waals surface area contributed by atoms with Crippen LogP contribution in [-0.4, -0.2) is 26.3 Å². The number of carbonyl (C=O) groups excluding carboxylic acids is 2. The summed E-state index contributed by atoms with van der Waals surface area (Å²) in [6.45, 7) is 1.76. The van der Waals surface area contributed by atoms with E-state index in [0.717, 1.165) is 0 Å². The Balaban J connectivity index is 1.63. The van der Waals surface area contributed by atoms with Gasteiger partial charge in [0.1, 0.15) is 17.3 Å². The van der Waals surface area contributed by atoms with Crippen LogP contribution in [0.25, 0.3) is 16.6 Å². The molecule has 0 spiro atoms. The minimum atomic E-state index is -0.680. The summed E-state index contributed by atoms with van der Waals surface area (Å²) in [4.78, 5) is 45.1. The van der Waals surface area contributed by atoms with Gasteiger partial charge in [0.05, 0.1) is 16.6 Å². The molecule has 8 nitrogen and oxygen atoms in total. The van der Waals surface area contributed by atoms with Crippen LogP contribution < -0.4 is 16.6 Å². The highest BCUT2D eigenvalue weighted by molar-refractivity contribution is 6.04. The Labute approximate surface area is 171 Å². The first-order chi connectivity index (χ1) is 14.4. The zero-order valence-corrected chi connectivity index (χ0v) is 16.0. The number of hydrogen-bond donors (Lipinski definition) is 2. The average molecular weight is 399 g/mol. The van der Waals surface area contributed by atoms with Gasteiger partial charge in [-0.1, -0.05) is 18.2 Å². The highest BCUT2D eigenvalue weighted by atomic mass is 16.2. The molecule has 0 unspecified atom stereocenters. The number of aryl methyl sites for hydroxylation is 1. The summed E-state index contributed by atoms with van der Waals surface area (Å²) in [5.74, 6) is -0.328. The molecule has 8 heteroatoms. The Hall–Kier alpha value is -4.33. The number of nitrogens with two attached hydrogens (primary N) is 1. The van der Waals surface area contributed by atoms with Crippen molar-refractivity contribution in [3.63, 3.8) is 0 Å². The molecule has 2 aromatic heterocycles. The maximum atomic E-state index is 12.9. The molecule has 4 rings (SSSR count). The van der Waals surface area contributed by atoms with Gasteiger partial charge in [0, 0.05) is 5.56 Å². The van der Waals surface area contributed by atoms with Crippen molar-refractivity contribution in [1.29, 1.82) is 0 Å². The largest absolute Gasteiger partial charge is 0.364 e. The zero-order valence-electron chi connectivity index (χ0n) is 16.0. The summed E-state index contributed by atoms with van der Waals surface area (Å²) < 4.78 is 1.50. The van der Waals surface area contributed by atoms with Gasteiger partial charge in [0.25, 0.3) is 17.4 Å². The Morgan fingerprint density at radius 3 is 2.40 bits per heavy atom. The monoisotopic (exact) mass is 399 g/mol. The molecular weight excluding hydrogens is 382 g/mol. The van der Waals surface area contributed by atoms with Crippen LogP contribution in [0, 0.1) is 6.92 Å². The van der Waals surface area contributed by atoms with Crippen LogP contribution in [0.15, 0.2) is 71.5 Å².